The van der Waals surface area contributed by atoms with Crippen molar-refractivity contribution < 1.29 is 9.53 Å². The second-order valence-electron chi connectivity index (χ2n) is 5.48. The first kappa shape index (κ1) is 12.5. The number of hydrogen-bond donors (Lipinski definition) is 2. The minimum Gasteiger partial charge on any atom is -0.493 e. The largest absolute Gasteiger partial charge is 0.493 e. The maximum Gasteiger partial charge on any atom is 0.251 e. The van der Waals surface area contributed by atoms with Gasteiger partial charge in [0, 0.05) is 30.6 Å². The quantitative estimate of drug-likeness (QED) is 0.847. The van der Waals surface area contributed by atoms with Crippen LogP contribution in [0.5, 0.6) is 5.75 Å². The van der Waals surface area contributed by atoms with Gasteiger partial charge in [0.2, 0.25) is 0 Å². The van der Waals surface area contributed by atoms with Crippen molar-refractivity contribution in [1.29, 1.82) is 0 Å². The van der Waals surface area contributed by atoms with Gasteiger partial charge in [0.15, 0.2) is 0 Å². The molecule has 2 aliphatic heterocycles. The van der Waals surface area contributed by atoms with Crippen LogP contribution in [0.3, 0.4) is 0 Å². The number of carbonyl (C=O) groups excluding carboxylic acids is 1. The Bertz CT molecular complexity index is 479. The predicted molar refractivity (Wildman–Crippen MR) is 73.6 cm³/mol. The predicted octanol–water partition coefficient (Wildman–Crippen LogP) is 1.49. The average molecular weight is 260 g/mol. The van der Waals surface area contributed by atoms with E-state index in [2.05, 4.69) is 17.6 Å². The van der Waals surface area contributed by atoms with Crippen LogP contribution in [0.1, 0.15) is 35.7 Å². The summed E-state index contributed by atoms with van der Waals surface area (Å²) in [6.07, 6.45) is 3.07. The first-order valence-corrected chi connectivity index (χ1v) is 7.02. The molecule has 0 aliphatic carbocycles. The normalized spacial score (nSPS) is 25.5. The Morgan fingerprint density at radius 2 is 2.32 bits per heavy atom. The van der Waals surface area contributed by atoms with Crippen molar-refractivity contribution in [2.45, 2.75) is 38.3 Å². The molecule has 1 fully saturated rings. The summed E-state index contributed by atoms with van der Waals surface area (Å²) in [7, 11) is 0. The van der Waals surface area contributed by atoms with E-state index in [1.807, 2.05) is 18.2 Å². The topological polar surface area (TPSA) is 50.4 Å². The summed E-state index contributed by atoms with van der Waals surface area (Å²) >= 11 is 0. The van der Waals surface area contributed by atoms with E-state index in [0.717, 1.165) is 49.3 Å². The molecule has 4 nitrogen and oxygen atoms in total. The molecule has 1 amide bonds. The molecule has 2 aliphatic rings. The number of amides is 1. The third-order valence-electron chi connectivity index (χ3n) is 3.95. The van der Waals surface area contributed by atoms with E-state index in [9.17, 15) is 4.79 Å². The molecule has 2 heterocycles. The molecule has 0 spiro atoms. The zero-order valence-corrected chi connectivity index (χ0v) is 11.2. The molecule has 0 saturated carbocycles. The van der Waals surface area contributed by atoms with Crippen LogP contribution in [0.2, 0.25) is 0 Å². The Balaban J connectivity index is 1.64. The van der Waals surface area contributed by atoms with E-state index >= 15 is 0 Å². The zero-order valence-electron chi connectivity index (χ0n) is 11.2. The summed E-state index contributed by atoms with van der Waals surface area (Å²) in [5.74, 6) is 0.945. The number of carbonyl (C=O) groups is 1. The van der Waals surface area contributed by atoms with Gasteiger partial charge in [-0.3, -0.25) is 4.79 Å². The van der Waals surface area contributed by atoms with Gasteiger partial charge in [-0.2, -0.15) is 0 Å². The van der Waals surface area contributed by atoms with Gasteiger partial charge in [0.1, 0.15) is 5.75 Å². The molecule has 1 aromatic rings. The molecule has 2 N–H and O–H groups in total. The van der Waals surface area contributed by atoms with Crippen LogP contribution in [-0.4, -0.2) is 31.1 Å². The van der Waals surface area contributed by atoms with E-state index in [4.69, 9.17) is 4.74 Å². The maximum absolute atomic E-state index is 12.2. The first-order chi connectivity index (χ1) is 9.22. The summed E-state index contributed by atoms with van der Waals surface area (Å²) in [4.78, 5) is 12.2. The maximum atomic E-state index is 12.2. The van der Waals surface area contributed by atoms with E-state index < -0.39 is 0 Å². The molecule has 0 radical (unpaired) electrons. The average Bonchev–Trinajstić information content (AvgIpc) is 2.88. The highest BCUT2D eigenvalue weighted by atomic mass is 16.5. The van der Waals surface area contributed by atoms with Gasteiger partial charge in [-0.25, -0.2) is 0 Å². The second-order valence-corrected chi connectivity index (χ2v) is 5.48. The SMILES string of the molecule is CC1CCC(NC(=O)c2ccc3c(c2)CCO3)CN1. The Kier molecular flexibility index (Phi) is 3.42. The summed E-state index contributed by atoms with van der Waals surface area (Å²) in [5.41, 5.74) is 1.88. The molecule has 2 atom stereocenters. The molecule has 2 unspecified atom stereocenters. The van der Waals surface area contributed by atoms with Crippen molar-refractivity contribution in [2.24, 2.45) is 0 Å². The van der Waals surface area contributed by atoms with Crippen molar-refractivity contribution >= 4 is 5.91 Å². The Labute approximate surface area is 113 Å². The number of hydrogen-bond acceptors (Lipinski definition) is 3. The third-order valence-corrected chi connectivity index (χ3v) is 3.95. The van der Waals surface area contributed by atoms with Crippen LogP contribution >= 0.6 is 0 Å². The van der Waals surface area contributed by atoms with Crippen molar-refractivity contribution in [3.8, 4) is 5.75 Å². The third kappa shape index (κ3) is 2.73. The molecule has 1 aromatic carbocycles. The van der Waals surface area contributed by atoms with Crippen LogP contribution in [0, 0.1) is 0 Å². The molecule has 19 heavy (non-hydrogen) atoms. The van der Waals surface area contributed by atoms with E-state index in [0.29, 0.717) is 6.04 Å². The fourth-order valence-corrected chi connectivity index (χ4v) is 2.72. The minimum absolute atomic E-state index is 0.0241. The van der Waals surface area contributed by atoms with Crippen molar-refractivity contribution in [3.05, 3.63) is 29.3 Å². The standard InChI is InChI=1S/C15H20N2O2/c1-10-2-4-13(9-16-10)17-15(18)12-3-5-14-11(8-12)6-7-19-14/h3,5,8,10,13,16H,2,4,6-7,9H2,1H3,(H,17,18). The number of piperidine rings is 1. The van der Waals surface area contributed by atoms with E-state index in [1.54, 1.807) is 0 Å². The summed E-state index contributed by atoms with van der Waals surface area (Å²) in [5, 5.41) is 6.50. The highest BCUT2D eigenvalue weighted by molar-refractivity contribution is 5.94. The van der Waals surface area contributed by atoms with Gasteiger partial charge < -0.3 is 15.4 Å². The molecular weight excluding hydrogens is 240 g/mol. The van der Waals surface area contributed by atoms with Gasteiger partial charge in [-0.05, 0) is 43.5 Å². The molecule has 102 valence electrons. The fourth-order valence-electron chi connectivity index (χ4n) is 2.72. The van der Waals surface area contributed by atoms with Gasteiger partial charge in [0.25, 0.3) is 5.91 Å². The molecular formula is C15H20N2O2. The van der Waals surface area contributed by atoms with Gasteiger partial charge in [0.05, 0.1) is 6.61 Å². The van der Waals surface area contributed by atoms with Gasteiger partial charge in [-0.1, -0.05) is 0 Å². The molecule has 3 rings (SSSR count). The van der Waals surface area contributed by atoms with Crippen LogP contribution in [0.4, 0.5) is 0 Å². The van der Waals surface area contributed by atoms with Crippen LogP contribution < -0.4 is 15.4 Å². The monoisotopic (exact) mass is 260 g/mol. The lowest BCUT2D eigenvalue weighted by atomic mass is 10.0. The summed E-state index contributed by atoms with van der Waals surface area (Å²) in [6.45, 7) is 3.77. The fraction of sp³-hybridized carbons (Fsp3) is 0.533. The number of fused-ring (bicyclic) bond motifs is 1. The Morgan fingerprint density at radius 1 is 1.42 bits per heavy atom. The Hall–Kier alpha value is -1.55. The molecule has 0 bridgehead atoms. The lowest BCUT2D eigenvalue weighted by Gasteiger charge is -2.28. The zero-order chi connectivity index (χ0) is 13.2. The minimum atomic E-state index is 0.0241. The van der Waals surface area contributed by atoms with E-state index in [-0.39, 0.29) is 11.9 Å². The lowest BCUT2D eigenvalue weighted by Crippen LogP contribution is -2.48. The second kappa shape index (κ2) is 5.21. The van der Waals surface area contributed by atoms with Crippen molar-refractivity contribution in [3.63, 3.8) is 0 Å². The number of benzene rings is 1. The molecule has 4 heteroatoms. The highest BCUT2D eigenvalue weighted by Gasteiger charge is 2.21. The van der Waals surface area contributed by atoms with Crippen molar-refractivity contribution in [2.75, 3.05) is 13.2 Å². The van der Waals surface area contributed by atoms with E-state index in [1.165, 1.54) is 0 Å². The number of nitrogens with one attached hydrogen (secondary N) is 2. The number of rotatable bonds is 2. The molecule has 0 aromatic heterocycles. The van der Waals surface area contributed by atoms with Crippen LogP contribution in [-0.2, 0) is 6.42 Å². The van der Waals surface area contributed by atoms with Crippen LogP contribution in [0.15, 0.2) is 18.2 Å². The van der Waals surface area contributed by atoms with Gasteiger partial charge >= 0.3 is 0 Å². The first-order valence-electron chi connectivity index (χ1n) is 7.02. The Morgan fingerprint density at radius 3 is 3.11 bits per heavy atom. The number of ether oxygens (including phenoxy) is 1. The van der Waals surface area contributed by atoms with Gasteiger partial charge in [-0.15, -0.1) is 0 Å². The lowest BCUT2D eigenvalue weighted by molar-refractivity contribution is 0.0927. The smallest absolute Gasteiger partial charge is 0.251 e. The summed E-state index contributed by atoms with van der Waals surface area (Å²) in [6, 6.07) is 6.51. The van der Waals surface area contributed by atoms with Crippen LogP contribution in [0.25, 0.3) is 0 Å². The van der Waals surface area contributed by atoms with Crippen molar-refractivity contribution in [1.82, 2.24) is 10.6 Å². The molecule has 1 saturated heterocycles. The summed E-state index contributed by atoms with van der Waals surface area (Å²) < 4.78 is 5.45. The highest BCUT2D eigenvalue weighted by Crippen LogP contribution is 2.25.